The Morgan fingerprint density at radius 1 is 1.32 bits per heavy atom. The van der Waals surface area contributed by atoms with E-state index in [0.717, 1.165) is 24.2 Å². The number of rotatable bonds is 10. The average Bonchev–Trinajstić information content (AvgIpc) is 2.51. The van der Waals surface area contributed by atoms with Gasteiger partial charge in [0.2, 0.25) is 0 Å². The molecule has 0 aliphatic rings. The van der Waals surface area contributed by atoms with Crippen molar-refractivity contribution >= 4 is 5.91 Å². The van der Waals surface area contributed by atoms with Crippen molar-refractivity contribution < 1.29 is 19.0 Å². The second-order valence-corrected chi connectivity index (χ2v) is 5.26. The van der Waals surface area contributed by atoms with Crippen LogP contribution in [0.3, 0.4) is 0 Å². The van der Waals surface area contributed by atoms with E-state index in [1.807, 2.05) is 13.0 Å². The summed E-state index contributed by atoms with van der Waals surface area (Å²) in [6.45, 7) is 5.66. The van der Waals surface area contributed by atoms with E-state index in [9.17, 15) is 4.79 Å². The SMILES string of the molecule is CCCCOCc1cc(C(=O)N[C@H](C)COC)ccc1OC. The summed E-state index contributed by atoms with van der Waals surface area (Å²) in [7, 11) is 3.23. The normalized spacial score (nSPS) is 12.0. The predicted molar refractivity (Wildman–Crippen MR) is 86.4 cm³/mol. The summed E-state index contributed by atoms with van der Waals surface area (Å²) in [5.41, 5.74) is 1.48. The molecule has 0 heterocycles. The van der Waals surface area contributed by atoms with Crippen LogP contribution in [-0.2, 0) is 16.1 Å². The van der Waals surface area contributed by atoms with Crippen molar-refractivity contribution in [1.82, 2.24) is 5.32 Å². The molecule has 5 nitrogen and oxygen atoms in total. The van der Waals surface area contributed by atoms with E-state index >= 15 is 0 Å². The van der Waals surface area contributed by atoms with Crippen LogP contribution >= 0.6 is 0 Å². The highest BCUT2D eigenvalue weighted by molar-refractivity contribution is 5.94. The molecule has 1 rings (SSSR count). The van der Waals surface area contributed by atoms with Gasteiger partial charge in [0.1, 0.15) is 5.75 Å². The number of carbonyl (C=O) groups excluding carboxylic acids is 1. The van der Waals surface area contributed by atoms with E-state index in [-0.39, 0.29) is 11.9 Å². The monoisotopic (exact) mass is 309 g/mol. The molecule has 0 spiro atoms. The molecule has 1 amide bonds. The van der Waals surface area contributed by atoms with Crippen molar-refractivity contribution in [2.24, 2.45) is 0 Å². The van der Waals surface area contributed by atoms with E-state index in [2.05, 4.69) is 12.2 Å². The van der Waals surface area contributed by atoms with Crippen LogP contribution in [0.1, 0.15) is 42.6 Å². The van der Waals surface area contributed by atoms with E-state index in [1.54, 1.807) is 26.4 Å². The third-order valence-corrected chi connectivity index (χ3v) is 3.24. The number of hydrogen-bond donors (Lipinski definition) is 1. The van der Waals surface area contributed by atoms with Gasteiger partial charge in [-0.15, -0.1) is 0 Å². The lowest BCUT2D eigenvalue weighted by Gasteiger charge is -2.14. The molecule has 0 radical (unpaired) electrons. The van der Waals surface area contributed by atoms with Gasteiger partial charge in [0.05, 0.1) is 20.3 Å². The van der Waals surface area contributed by atoms with Crippen molar-refractivity contribution in [2.45, 2.75) is 39.3 Å². The van der Waals surface area contributed by atoms with Gasteiger partial charge < -0.3 is 19.5 Å². The number of benzene rings is 1. The fourth-order valence-corrected chi connectivity index (χ4v) is 2.06. The number of hydrogen-bond acceptors (Lipinski definition) is 4. The highest BCUT2D eigenvalue weighted by atomic mass is 16.5. The minimum absolute atomic E-state index is 0.0381. The Bertz CT molecular complexity index is 462. The van der Waals surface area contributed by atoms with E-state index in [1.165, 1.54) is 0 Å². The van der Waals surface area contributed by atoms with Gasteiger partial charge in [0.15, 0.2) is 0 Å². The van der Waals surface area contributed by atoms with Gasteiger partial charge in [-0.2, -0.15) is 0 Å². The topological polar surface area (TPSA) is 56.8 Å². The summed E-state index contributed by atoms with van der Waals surface area (Å²) in [6, 6.07) is 5.33. The minimum atomic E-state index is -0.123. The highest BCUT2D eigenvalue weighted by Gasteiger charge is 2.12. The first-order valence-electron chi connectivity index (χ1n) is 7.66. The molecule has 1 aromatic rings. The lowest BCUT2D eigenvalue weighted by Crippen LogP contribution is -2.35. The molecule has 5 heteroatoms. The van der Waals surface area contributed by atoms with Crippen molar-refractivity contribution in [2.75, 3.05) is 27.4 Å². The zero-order valence-electron chi connectivity index (χ0n) is 14.0. The van der Waals surface area contributed by atoms with E-state index in [0.29, 0.717) is 25.4 Å². The highest BCUT2D eigenvalue weighted by Crippen LogP contribution is 2.21. The molecule has 0 saturated carbocycles. The maximum absolute atomic E-state index is 12.2. The standard InChI is InChI=1S/C17H27NO4/c1-5-6-9-22-12-15-10-14(7-8-16(15)21-4)17(19)18-13(2)11-20-3/h7-8,10,13H,5-6,9,11-12H2,1-4H3,(H,18,19)/t13-/m1/s1. The number of ether oxygens (including phenoxy) is 3. The Kier molecular flexibility index (Phi) is 8.55. The molecule has 0 unspecified atom stereocenters. The summed E-state index contributed by atoms with van der Waals surface area (Å²) in [4.78, 5) is 12.2. The first kappa shape index (κ1) is 18.5. The summed E-state index contributed by atoms with van der Waals surface area (Å²) in [5, 5.41) is 2.89. The maximum atomic E-state index is 12.2. The van der Waals surface area contributed by atoms with Crippen LogP contribution < -0.4 is 10.1 Å². The van der Waals surface area contributed by atoms with Gasteiger partial charge in [-0.25, -0.2) is 0 Å². The molecule has 1 N–H and O–H groups in total. The van der Waals surface area contributed by atoms with Crippen molar-refractivity contribution in [3.05, 3.63) is 29.3 Å². The number of unbranched alkanes of at least 4 members (excludes halogenated alkanes) is 1. The molecule has 0 aliphatic carbocycles. The van der Waals surface area contributed by atoms with Gasteiger partial charge in [-0.1, -0.05) is 13.3 Å². The van der Waals surface area contributed by atoms with Crippen LogP contribution in [-0.4, -0.2) is 39.4 Å². The summed E-state index contributed by atoms with van der Waals surface area (Å²) >= 11 is 0. The zero-order valence-corrected chi connectivity index (χ0v) is 14.0. The predicted octanol–water partition coefficient (Wildman–Crippen LogP) is 2.78. The Labute approximate surface area is 132 Å². The molecular formula is C17H27NO4. The number of methoxy groups -OCH3 is 2. The van der Waals surface area contributed by atoms with Crippen LogP contribution in [0.25, 0.3) is 0 Å². The first-order valence-corrected chi connectivity index (χ1v) is 7.66. The fourth-order valence-electron chi connectivity index (χ4n) is 2.06. The molecule has 0 saturated heterocycles. The average molecular weight is 309 g/mol. The lowest BCUT2D eigenvalue weighted by molar-refractivity contribution is 0.0904. The number of amides is 1. The van der Waals surface area contributed by atoms with Gasteiger partial charge in [-0.05, 0) is 31.5 Å². The van der Waals surface area contributed by atoms with Crippen LogP contribution in [0.5, 0.6) is 5.75 Å². The Morgan fingerprint density at radius 2 is 2.09 bits per heavy atom. The summed E-state index contributed by atoms with van der Waals surface area (Å²) < 4.78 is 16.0. The van der Waals surface area contributed by atoms with Crippen molar-refractivity contribution in [3.8, 4) is 5.75 Å². The Morgan fingerprint density at radius 3 is 2.73 bits per heavy atom. The van der Waals surface area contributed by atoms with E-state index in [4.69, 9.17) is 14.2 Å². The molecule has 0 fully saturated rings. The molecular weight excluding hydrogens is 282 g/mol. The second-order valence-electron chi connectivity index (χ2n) is 5.26. The molecule has 1 aromatic carbocycles. The van der Waals surface area contributed by atoms with Crippen molar-refractivity contribution in [1.29, 1.82) is 0 Å². The quantitative estimate of drug-likeness (QED) is 0.675. The lowest BCUT2D eigenvalue weighted by atomic mass is 10.1. The third-order valence-electron chi connectivity index (χ3n) is 3.24. The maximum Gasteiger partial charge on any atom is 0.251 e. The second kappa shape index (κ2) is 10.2. The van der Waals surface area contributed by atoms with E-state index < -0.39 is 0 Å². The fraction of sp³-hybridized carbons (Fsp3) is 0.588. The molecule has 0 bridgehead atoms. The molecule has 1 atom stereocenters. The molecule has 0 aromatic heterocycles. The summed E-state index contributed by atoms with van der Waals surface area (Å²) in [5.74, 6) is 0.611. The molecule has 0 aliphatic heterocycles. The smallest absolute Gasteiger partial charge is 0.251 e. The summed E-state index contributed by atoms with van der Waals surface area (Å²) in [6.07, 6.45) is 2.12. The van der Waals surface area contributed by atoms with Crippen LogP contribution in [0.15, 0.2) is 18.2 Å². The van der Waals surface area contributed by atoms with Crippen LogP contribution in [0.2, 0.25) is 0 Å². The van der Waals surface area contributed by atoms with Crippen molar-refractivity contribution in [3.63, 3.8) is 0 Å². The minimum Gasteiger partial charge on any atom is -0.496 e. The Balaban J connectivity index is 2.73. The van der Waals surface area contributed by atoms with Gasteiger partial charge in [-0.3, -0.25) is 4.79 Å². The molecule has 22 heavy (non-hydrogen) atoms. The third kappa shape index (κ3) is 6.03. The van der Waals surface area contributed by atoms with Gasteiger partial charge in [0, 0.05) is 30.9 Å². The molecule has 124 valence electrons. The Hall–Kier alpha value is -1.59. The van der Waals surface area contributed by atoms with Gasteiger partial charge >= 0.3 is 0 Å². The number of carbonyl (C=O) groups is 1. The zero-order chi connectivity index (χ0) is 16.4. The van der Waals surface area contributed by atoms with Crippen LogP contribution in [0, 0.1) is 0 Å². The largest absolute Gasteiger partial charge is 0.496 e. The first-order chi connectivity index (χ1) is 10.6. The van der Waals surface area contributed by atoms with Gasteiger partial charge in [0.25, 0.3) is 5.91 Å². The van der Waals surface area contributed by atoms with Crippen LogP contribution in [0.4, 0.5) is 0 Å². The number of nitrogens with one attached hydrogen (secondary N) is 1.